The van der Waals surface area contributed by atoms with Crippen LogP contribution in [0.15, 0.2) is 49.1 Å². The highest BCUT2D eigenvalue weighted by atomic mass is 16.1. The Balaban J connectivity index is 1.73. The minimum absolute atomic E-state index is 0.0203. The lowest BCUT2D eigenvalue weighted by molar-refractivity contribution is -0.116. The van der Waals surface area contributed by atoms with Crippen molar-refractivity contribution in [2.75, 3.05) is 5.32 Å². The monoisotopic (exact) mass is 241 g/mol. The van der Waals surface area contributed by atoms with Crippen molar-refractivity contribution >= 4 is 11.6 Å². The predicted octanol–water partition coefficient (Wildman–Crippen LogP) is 2.44. The van der Waals surface area contributed by atoms with Crippen LogP contribution < -0.4 is 5.32 Å². The lowest BCUT2D eigenvalue weighted by Crippen LogP contribution is -2.11. The average Bonchev–Trinajstić information content (AvgIpc) is 2.41. The first-order chi connectivity index (χ1) is 8.84. The Labute approximate surface area is 106 Å². The van der Waals surface area contributed by atoms with E-state index in [-0.39, 0.29) is 5.91 Å². The molecule has 0 saturated heterocycles. The van der Waals surface area contributed by atoms with Gasteiger partial charge in [-0.15, -0.1) is 0 Å². The lowest BCUT2D eigenvalue weighted by Gasteiger charge is -2.04. The highest BCUT2D eigenvalue weighted by Crippen LogP contribution is 2.06. The van der Waals surface area contributed by atoms with Gasteiger partial charge in [-0.3, -0.25) is 14.8 Å². The maximum Gasteiger partial charge on any atom is 0.224 e. The summed E-state index contributed by atoms with van der Waals surface area (Å²) in [7, 11) is 0. The van der Waals surface area contributed by atoms with Crippen molar-refractivity contribution in [1.82, 2.24) is 9.97 Å². The molecule has 0 aliphatic rings. The molecule has 1 amide bonds. The van der Waals surface area contributed by atoms with E-state index in [1.165, 1.54) is 0 Å². The van der Waals surface area contributed by atoms with Crippen molar-refractivity contribution in [2.45, 2.75) is 19.3 Å². The number of carbonyl (C=O) groups is 1. The Hall–Kier alpha value is -2.23. The van der Waals surface area contributed by atoms with Crippen molar-refractivity contribution < 1.29 is 4.79 Å². The molecule has 0 bridgehead atoms. The molecule has 1 N–H and O–H groups in total. The van der Waals surface area contributed by atoms with Gasteiger partial charge in [0.05, 0.1) is 11.9 Å². The molecule has 0 atom stereocenters. The number of pyridine rings is 2. The molecule has 4 nitrogen and oxygen atoms in total. The molecule has 0 radical (unpaired) electrons. The predicted molar refractivity (Wildman–Crippen MR) is 70.0 cm³/mol. The van der Waals surface area contributed by atoms with Gasteiger partial charge in [-0.1, -0.05) is 6.07 Å². The quantitative estimate of drug-likeness (QED) is 0.874. The summed E-state index contributed by atoms with van der Waals surface area (Å²) in [5.41, 5.74) is 1.90. The highest BCUT2D eigenvalue weighted by molar-refractivity contribution is 5.90. The molecule has 2 heterocycles. The molecule has 0 unspecified atom stereocenters. The average molecular weight is 241 g/mol. The minimum atomic E-state index is 0.0203. The van der Waals surface area contributed by atoms with Gasteiger partial charge in [0, 0.05) is 25.0 Å². The van der Waals surface area contributed by atoms with Gasteiger partial charge in [0.2, 0.25) is 5.91 Å². The summed E-state index contributed by atoms with van der Waals surface area (Å²) in [6.07, 6.45) is 9.09. The zero-order valence-corrected chi connectivity index (χ0v) is 10.0. The Morgan fingerprint density at radius 1 is 1.11 bits per heavy atom. The van der Waals surface area contributed by atoms with Gasteiger partial charge >= 0.3 is 0 Å². The van der Waals surface area contributed by atoms with E-state index in [1.807, 2.05) is 24.4 Å². The number of aryl methyl sites for hydroxylation is 1. The van der Waals surface area contributed by atoms with Crippen LogP contribution in [0.2, 0.25) is 0 Å². The maximum atomic E-state index is 11.6. The third-order valence-electron chi connectivity index (χ3n) is 2.54. The smallest absolute Gasteiger partial charge is 0.224 e. The summed E-state index contributed by atoms with van der Waals surface area (Å²) in [5.74, 6) is 0.0203. The van der Waals surface area contributed by atoms with Crippen molar-refractivity contribution in [1.29, 1.82) is 0 Å². The summed E-state index contributed by atoms with van der Waals surface area (Å²) in [6.45, 7) is 0. The molecule has 92 valence electrons. The summed E-state index contributed by atoms with van der Waals surface area (Å²) < 4.78 is 0. The highest BCUT2D eigenvalue weighted by Gasteiger charge is 2.02. The van der Waals surface area contributed by atoms with E-state index in [1.54, 1.807) is 24.7 Å². The molecule has 2 aromatic rings. The normalized spacial score (nSPS) is 10.0. The van der Waals surface area contributed by atoms with E-state index in [0.717, 1.165) is 24.1 Å². The number of rotatable bonds is 5. The second-order valence-electron chi connectivity index (χ2n) is 4.00. The van der Waals surface area contributed by atoms with Crippen LogP contribution >= 0.6 is 0 Å². The van der Waals surface area contributed by atoms with Crippen molar-refractivity contribution in [3.8, 4) is 0 Å². The molecule has 0 aliphatic heterocycles. The van der Waals surface area contributed by atoms with Crippen molar-refractivity contribution in [3.05, 3.63) is 54.6 Å². The van der Waals surface area contributed by atoms with Crippen molar-refractivity contribution in [2.24, 2.45) is 0 Å². The Morgan fingerprint density at radius 3 is 2.56 bits per heavy atom. The first-order valence-electron chi connectivity index (χ1n) is 5.93. The van der Waals surface area contributed by atoms with Gasteiger partial charge in [-0.2, -0.15) is 0 Å². The zero-order valence-electron chi connectivity index (χ0n) is 10.0. The van der Waals surface area contributed by atoms with Crippen LogP contribution in [-0.4, -0.2) is 15.9 Å². The van der Waals surface area contributed by atoms with Gasteiger partial charge in [0.1, 0.15) is 0 Å². The van der Waals surface area contributed by atoms with E-state index in [0.29, 0.717) is 6.42 Å². The number of hydrogen-bond acceptors (Lipinski definition) is 3. The van der Waals surface area contributed by atoms with E-state index in [4.69, 9.17) is 0 Å². The second-order valence-corrected chi connectivity index (χ2v) is 4.00. The Bertz CT molecular complexity index is 485. The number of aromatic nitrogens is 2. The number of nitrogens with zero attached hydrogens (tertiary/aromatic N) is 2. The Morgan fingerprint density at radius 2 is 1.89 bits per heavy atom. The molecule has 2 aromatic heterocycles. The topological polar surface area (TPSA) is 54.9 Å². The molecule has 0 aliphatic carbocycles. The van der Waals surface area contributed by atoms with E-state index < -0.39 is 0 Å². The molecule has 0 fully saturated rings. The molecule has 2 rings (SSSR count). The fourth-order valence-electron chi connectivity index (χ4n) is 1.66. The number of anilines is 1. The first kappa shape index (κ1) is 12.2. The third kappa shape index (κ3) is 3.97. The third-order valence-corrected chi connectivity index (χ3v) is 2.54. The Kier molecular flexibility index (Phi) is 4.41. The molecule has 0 saturated carbocycles. The first-order valence-corrected chi connectivity index (χ1v) is 5.93. The zero-order chi connectivity index (χ0) is 12.6. The fraction of sp³-hybridized carbons (Fsp3) is 0.214. The second kappa shape index (κ2) is 6.49. The standard InChI is InChI=1S/C14H15N3O/c18-14(17-13-6-3-9-16-11-13)7-1-4-12-5-2-8-15-10-12/h2-3,5-6,8-11H,1,4,7H2,(H,17,18). The van der Waals surface area contributed by atoms with Crippen LogP contribution in [0.4, 0.5) is 5.69 Å². The summed E-state index contributed by atoms with van der Waals surface area (Å²) in [4.78, 5) is 19.6. The number of carbonyl (C=O) groups excluding carboxylic acids is 1. The van der Waals surface area contributed by atoms with Crippen LogP contribution in [0.25, 0.3) is 0 Å². The largest absolute Gasteiger partial charge is 0.325 e. The molecule has 0 aromatic carbocycles. The number of amides is 1. The van der Waals surface area contributed by atoms with Crippen LogP contribution in [0, 0.1) is 0 Å². The van der Waals surface area contributed by atoms with E-state index >= 15 is 0 Å². The molecule has 4 heteroatoms. The van der Waals surface area contributed by atoms with Gasteiger partial charge in [0.25, 0.3) is 0 Å². The molecular weight excluding hydrogens is 226 g/mol. The van der Waals surface area contributed by atoms with Gasteiger partial charge in [-0.05, 0) is 36.6 Å². The minimum Gasteiger partial charge on any atom is -0.325 e. The van der Waals surface area contributed by atoms with E-state index in [9.17, 15) is 4.79 Å². The number of nitrogens with one attached hydrogen (secondary N) is 1. The van der Waals surface area contributed by atoms with Gasteiger partial charge in [0.15, 0.2) is 0 Å². The molecule has 0 spiro atoms. The fourth-order valence-corrected chi connectivity index (χ4v) is 1.66. The molecular formula is C14H15N3O. The molecule has 18 heavy (non-hydrogen) atoms. The van der Waals surface area contributed by atoms with E-state index in [2.05, 4.69) is 15.3 Å². The maximum absolute atomic E-state index is 11.6. The van der Waals surface area contributed by atoms with Crippen LogP contribution in [0.5, 0.6) is 0 Å². The van der Waals surface area contributed by atoms with Crippen LogP contribution in [0.1, 0.15) is 18.4 Å². The number of hydrogen-bond donors (Lipinski definition) is 1. The summed E-state index contributed by atoms with van der Waals surface area (Å²) >= 11 is 0. The summed E-state index contributed by atoms with van der Waals surface area (Å²) in [6, 6.07) is 7.55. The SMILES string of the molecule is O=C(CCCc1cccnc1)Nc1cccnc1. The summed E-state index contributed by atoms with van der Waals surface area (Å²) in [5, 5.41) is 2.81. The van der Waals surface area contributed by atoms with Gasteiger partial charge < -0.3 is 5.32 Å². The van der Waals surface area contributed by atoms with Gasteiger partial charge in [-0.25, -0.2) is 0 Å². The van der Waals surface area contributed by atoms with Crippen LogP contribution in [0.3, 0.4) is 0 Å². The van der Waals surface area contributed by atoms with Crippen LogP contribution in [-0.2, 0) is 11.2 Å². The lowest BCUT2D eigenvalue weighted by atomic mass is 10.1. The van der Waals surface area contributed by atoms with Crippen molar-refractivity contribution in [3.63, 3.8) is 0 Å².